The zero-order chi connectivity index (χ0) is 15.1. The third-order valence-electron chi connectivity index (χ3n) is 3.65. The highest BCUT2D eigenvalue weighted by molar-refractivity contribution is 5.83. The van der Waals surface area contributed by atoms with Crippen LogP contribution in [0.3, 0.4) is 0 Å². The van der Waals surface area contributed by atoms with E-state index in [1.807, 2.05) is 0 Å². The maximum atomic E-state index is 11.6. The summed E-state index contributed by atoms with van der Waals surface area (Å²) in [4.78, 5) is 33.5. The molecule has 20 heavy (non-hydrogen) atoms. The number of hydrogen-bond acceptors (Lipinski definition) is 4. The van der Waals surface area contributed by atoms with E-state index in [0.717, 1.165) is 12.8 Å². The van der Waals surface area contributed by atoms with E-state index in [4.69, 9.17) is 5.11 Å². The first-order chi connectivity index (χ1) is 9.43. The average Bonchev–Trinajstić information content (AvgIpc) is 2.44. The molecule has 114 valence electrons. The van der Waals surface area contributed by atoms with Crippen molar-refractivity contribution in [1.29, 1.82) is 0 Å². The van der Waals surface area contributed by atoms with Gasteiger partial charge in [0.25, 0.3) is 0 Å². The molecule has 0 radical (unpaired) electrons. The molecule has 0 bridgehead atoms. The zero-order valence-electron chi connectivity index (χ0n) is 11.8. The fraction of sp³-hybridized carbons (Fsp3) is 0.769. The number of urea groups is 1. The number of carboxylic acids is 1. The lowest BCUT2D eigenvalue weighted by Crippen LogP contribution is -2.46. The predicted molar refractivity (Wildman–Crippen MR) is 71.1 cm³/mol. The normalized spacial score (nSPS) is 23.5. The molecular formula is C13H22N2O5. The van der Waals surface area contributed by atoms with Gasteiger partial charge in [-0.1, -0.05) is 0 Å². The van der Waals surface area contributed by atoms with Gasteiger partial charge in [-0.05, 0) is 38.5 Å². The Morgan fingerprint density at radius 1 is 1.25 bits per heavy atom. The van der Waals surface area contributed by atoms with Gasteiger partial charge in [0, 0.05) is 6.54 Å². The fourth-order valence-electron chi connectivity index (χ4n) is 2.33. The molecule has 1 aliphatic rings. The van der Waals surface area contributed by atoms with Gasteiger partial charge < -0.3 is 20.5 Å². The molecule has 2 amide bonds. The molecule has 1 aliphatic carbocycles. The largest absolute Gasteiger partial charge is 0.481 e. The van der Waals surface area contributed by atoms with E-state index in [2.05, 4.69) is 15.4 Å². The lowest BCUT2D eigenvalue weighted by Gasteiger charge is -2.26. The molecule has 7 heteroatoms. The van der Waals surface area contributed by atoms with Crippen LogP contribution in [0, 0.1) is 11.8 Å². The molecule has 3 N–H and O–H groups in total. The third kappa shape index (κ3) is 5.07. The summed E-state index contributed by atoms with van der Waals surface area (Å²) < 4.78 is 4.50. The standard InChI is InChI=1S/C13H22N2O5/c1-8(12(18)20-2)15-13(19)14-7-9-3-5-10(6-4-9)11(16)17/h8-10H,3-7H2,1-2H3,(H,16,17)(H2,14,15,19). The topological polar surface area (TPSA) is 105 Å². The van der Waals surface area contributed by atoms with E-state index in [1.54, 1.807) is 6.92 Å². The lowest BCUT2D eigenvalue weighted by molar-refractivity contribution is -0.143. The molecule has 1 atom stereocenters. The van der Waals surface area contributed by atoms with E-state index in [9.17, 15) is 14.4 Å². The minimum atomic E-state index is -0.735. The second-order valence-electron chi connectivity index (χ2n) is 5.16. The van der Waals surface area contributed by atoms with Crippen molar-refractivity contribution in [2.75, 3.05) is 13.7 Å². The first-order valence-corrected chi connectivity index (χ1v) is 6.79. The van der Waals surface area contributed by atoms with Crippen LogP contribution in [0.25, 0.3) is 0 Å². The maximum Gasteiger partial charge on any atom is 0.328 e. The smallest absolute Gasteiger partial charge is 0.328 e. The second-order valence-corrected chi connectivity index (χ2v) is 5.16. The molecule has 0 aromatic rings. The molecule has 0 aromatic carbocycles. The Morgan fingerprint density at radius 2 is 1.85 bits per heavy atom. The Kier molecular flexibility index (Phi) is 6.27. The predicted octanol–water partition coefficient (Wildman–Crippen LogP) is 0.738. The minimum Gasteiger partial charge on any atom is -0.481 e. The summed E-state index contributed by atoms with van der Waals surface area (Å²) in [5, 5.41) is 14.1. The van der Waals surface area contributed by atoms with E-state index in [0.29, 0.717) is 25.3 Å². The van der Waals surface area contributed by atoms with Gasteiger partial charge in [-0.3, -0.25) is 4.79 Å². The summed E-state index contributed by atoms with van der Waals surface area (Å²) in [7, 11) is 1.26. The van der Waals surface area contributed by atoms with E-state index in [1.165, 1.54) is 7.11 Å². The summed E-state index contributed by atoms with van der Waals surface area (Å²) in [6, 6.07) is -1.11. The highest BCUT2D eigenvalue weighted by Gasteiger charge is 2.26. The van der Waals surface area contributed by atoms with Crippen molar-refractivity contribution in [1.82, 2.24) is 10.6 Å². The molecule has 0 aliphatic heterocycles. The van der Waals surface area contributed by atoms with Crippen molar-refractivity contribution in [3.63, 3.8) is 0 Å². The molecular weight excluding hydrogens is 264 g/mol. The van der Waals surface area contributed by atoms with E-state index < -0.39 is 24.0 Å². The second kappa shape index (κ2) is 7.72. The van der Waals surface area contributed by atoms with Crippen molar-refractivity contribution in [2.24, 2.45) is 11.8 Å². The van der Waals surface area contributed by atoms with Crippen molar-refractivity contribution in [3.05, 3.63) is 0 Å². The van der Waals surface area contributed by atoms with E-state index >= 15 is 0 Å². The summed E-state index contributed by atoms with van der Waals surface area (Å²) >= 11 is 0. The molecule has 1 saturated carbocycles. The van der Waals surface area contributed by atoms with Crippen molar-refractivity contribution in [2.45, 2.75) is 38.6 Å². The fourth-order valence-corrected chi connectivity index (χ4v) is 2.33. The Hall–Kier alpha value is -1.79. The lowest BCUT2D eigenvalue weighted by atomic mass is 9.82. The SMILES string of the molecule is COC(=O)C(C)NC(=O)NCC1CCC(C(=O)O)CC1. The van der Waals surface area contributed by atoms with Crippen LogP contribution in [0.4, 0.5) is 4.79 Å². The quantitative estimate of drug-likeness (QED) is 0.646. The number of ether oxygens (including phenoxy) is 1. The van der Waals surface area contributed by atoms with Crippen LogP contribution in [-0.4, -0.2) is 42.8 Å². The monoisotopic (exact) mass is 286 g/mol. The maximum absolute atomic E-state index is 11.6. The van der Waals surface area contributed by atoms with Crippen molar-refractivity contribution < 1.29 is 24.2 Å². The highest BCUT2D eigenvalue weighted by atomic mass is 16.5. The van der Waals surface area contributed by atoms with Crippen molar-refractivity contribution in [3.8, 4) is 0 Å². The first kappa shape index (κ1) is 16.3. The Labute approximate surface area is 118 Å². The summed E-state index contributed by atoms with van der Waals surface area (Å²) in [6.45, 7) is 2.04. The summed E-state index contributed by atoms with van der Waals surface area (Å²) in [5.41, 5.74) is 0. The molecule has 1 unspecified atom stereocenters. The van der Waals surface area contributed by atoms with Crippen LogP contribution in [0.1, 0.15) is 32.6 Å². The van der Waals surface area contributed by atoms with Crippen LogP contribution >= 0.6 is 0 Å². The molecule has 1 rings (SSSR count). The number of carboxylic acid groups (broad SMARTS) is 1. The van der Waals surface area contributed by atoms with Gasteiger partial charge in [-0.25, -0.2) is 9.59 Å². The zero-order valence-corrected chi connectivity index (χ0v) is 11.8. The number of carbonyl (C=O) groups is 3. The van der Waals surface area contributed by atoms with Gasteiger partial charge in [0.1, 0.15) is 6.04 Å². The number of aliphatic carboxylic acids is 1. The number of carbonyl (C=O) groups excluding carboxylic acids is 2. The van der Waals surface area contributed by atoms with Crippen LogP contribution in [0.5, 0.6) is 0 Å². The van der Waals surface area contributed by atoms with Crippen LogP contribution in [0.15, 0.2) is 0 Å². The molecule has 0 heterocycles. The van der Waals surface area contributed by atoms with Gasteiger partial charge >= 0.3 is 18.0 Å². The van der Waals surface area contributed by atoms with Crippen LogP contribution < -0.4 is 10.6 Å². The number of nitrogens with one attached hydrogen (secondary N) is 2. The summed E-state index contributed by atoms with van der Waals surface area (Å²) in [5.74, 6) is -1.19. The number of amides is 2. The van der Waals surface area contributed by atoms with Gasteiger partial charge in [0.15, 0.2) is 0 Å². The minimum absolute atomic E-state index is 0.251. The number of esters is 1. The average molecular weight is 286 g/mol. The Balaban J connectivity index is 2.22. The molecule has 0 aromatic heterocycles. The van der Waals surface area contributed by atoms with E-state index in [-0.39, 0.29) is 5.92 Å². The molecule has 1 fully saturated rings. The number of rotatable bonds is 5. The molecule has 0 spiro atoms. The van der Waals surface area contributed by atoms with Crippen LogP contribution in [-0.2, 0) is 14.3 Å². The first-order valence-electron chi connectivity index (χ1n) is 6.79. The van der Waals surface area contributed by atoms with Crippen LogP contribution in [0.2, 0.25) is 0 Å². The molecule has 7 nitrogen and oxygen atoms in total. The van der Waals surface area contributed by atoms with Gasteiger partial charge in [0.2, 0.25) is 0 Å². The van der Waals surface area contributed by atoms with Gasteiger partial charge in [0.05, 0.1) is 13.0 Å². The number of methoxy groups -OCH3 is 1. The Morgan fingerprint density at radius 3 is 2.35 bits per heavy atom. The molecule has 0 saturated heterocycles. The third-order valence-corrected chi connectivity index (χ3v) is 3.65. The van der Waals surface area contributed by atoms with Gasteiger partial charge in [-0.15, -0.1) is 0 Å². The number of hydrogen-bond donors (Lipinski definition) is 3. The highest BCUT2D eigenvalue weighted by Crippen LogP contribution is 2.28. The van der Waals surface area contributed by atoms with Gasteiger partial charge in [-0.2, -0.15) is 0 Å². The Bertz CT molecular complexity index is 364. The summed E-state index contributed by atoms with van der Waals surface area (Å²) in [6.07, 6.45) is 2.90. The van der Waals surface area contributed by atoms with Crippen molar-refractivity contribution >= 4 is 18.0 Å².